The Balaban J connectivity index is 2.34. The molecule has 0 saturated carbocycles. The van der Waals surface area contributed by atoms with Crippen LogP contribution in [0.3, 0.4) is 0 Å². The van der Waals surface area contributed by atoms with Gasteiger partial charge in [-0.2, -0.15) is 0 Å². The lowest BCUT2D eigenvalue weighted by atomic mass is 9.98. The molecule has 2 nitrogen and oxygen atoms in total. The second kappa shape index (κ2) is 5.93. The number of anilines is 1. The second-order valence-electron chi connectivity index (χ2n) is 5.37. The van der Waals surface area contributed by atoms with Crippen LogP contribution in [0, 0.1) is 5.92 Å². The van der Waals surface area contributed by atoms with E-state index in [1.165, 1.54) is 10.2 Å². The lowest BCUT2D eigenvalue weighted by Gasteiger charge is -2.43. The Morgan fingerprint density at radius 3 is 2.72 bits per heavy atom. The molecule has 0 bridgehead atoms. The molecule has 1 fully saturated rings. The van der Waals surface area contributed by atoms with Crippen LogP contribution in [0.4, 0.5) is 5.69 Å². The van der Waals surface area contributed by atoms with E-state index in [0.717, 1.165) is 17.6 Å². The number of hydrogen-bond acceptors (Lipinski definition) is 2. The maximum absolute atomic E-state index is 3.68. The van der Waals surface area contributed by atoms with Crippen LogP contribution in [-0.2, 0) is 0 Å². The predicted octanol–water partition coefficient (Wildman–Crippen LogP) is 4.03. The Kier molecular flexibility index (Phi) is 4.73. The zero-order valence-corrected chi connectivity index (χ0v) is 14.3. The van der Waals surface area contributed by atoms with Crippen molar-refractivity contribution in [1.82, 2.24) is 5.32 Å². The summed E-state index contributed by atoms with van der Waals surface area (Å²) in [4.78, 5) is 2.53. The van der Waals surface area contributed by atoms with Crippen LogP contribution in [0.2, 0.25) is 0 Å². The molecule has 2 unspecified atom stereocenters. The van der Waals surface area contributed by atoms with Gasteiger partial charge in [-0.3, -0.25) is 0 Å². The molecule has 1 aliphatic heterocycles. The standard InChI is InChI=1S/C14H20Br2N2/c1-9(2)14-7-17-10(3)8-18(14)13-6-11(15)4-5-12(13)16/h4-6,9-10,14,17H,7-8H2,1-3H3. The highest BCUT2D eigenvalue weighted by atomic mass is 79.9. The maximum Gasteiger partial charge on any atom is 0.0525 e. The Labute approximate surface area is 126 Å². The highest BCUT2D eigenvalue weighted by molar-refractivity contribution is 9.11. The van der Waals surface area contributed by atoms with Crippen LogP contribution >= 0.6 is 31.9 Å². The minimum Gasteiger partial charge on any atom is -0.365 e. The number of piperazine rings is 1. The summed E-state index contributed by atoms with van der Waals surface area (Å²) in [6.07, 6.45) is 0. The zero-order chi connectivity index (χ0) is 13.3. The first kappa shape index (κ1) is 14.4. The van der Waals surface area contributed by atoms with Gasteiger partial charge >= 0.3 is 0 Å². The summed E-state index contributed by atoms with van der Waals surface area (Å²) in [7, 11) is 0. The molecule has 1 N–H and O–H groups in total. The van der Waals surface area contributed by atoms with Gasteiger partial charge in [0.2, 0.25) is 0 Å². The molecule has 1 aliphatic rings. The SMILES string of the molecule is CC1CN(c2cc(Br)ccc2Br)C(C(C)C)CN1. The van der Waals surface area contributed by atoms with Crippen molar-refractivity contribution in [1.29, 1.82) is 0 Å². The molecule has 1 saturated heterocycles. The van der Waals surface area contributed by atoms with E-state index in [4.69, 9.17) is 0 Å². The van der Waals surface area contributed by atoms with Crippen molar-refractivity contribution in [3.8, 4) is 0 Å². The first-order valence-corrected chi connectivity index (χ1v) is 8.02. The van der Waals surface area contributed by atoms with E-state index in [0.29, 0.717) is 18.0 Å². The van der Waals surface area contributed by atoms with Crippen molar-refractivity contribution in [2.75, 3.05) is 18.0 Å². The molecule has 100 valence electrons. The van der Waals surface area contributed by atoms with Crippen molar-refractivity contribution in [2.45, 2.75) is 32.9 Å². The minimum atomic E-state index is 0.533. The van der Waals surface area contributed by atoms with Crippen LogP contribution < -0.4 is 10.2 Å². The Bertz CT molecular complexity index is 420. The minimum absolute atomic E-state index is 0.533. The van der Waals surface area contributed by atoms with Gasteiger partial charge in [-0.1, -0.05) is 29.8 Å². The largest absolute Gasteiger partial charge is 0.365 e. The average molecular weight is 376 g/mol. The van der Waals surface area contributed by atoms with Crippen molar-refractivity contribution >= 4 is 37.5 Å². The van der Waals surface area contributed by atoms with E-state index >= 15 is 0 Å². The van der Waals surface area contributed by atoms with Gasteiger partial charge in [-0.15, -0.1) is 0 Å². The molecule has 0 amide bonds. The predicted molar refractivity (Wildman–Crippen MR) is 85.3 cm³/mol. The summed E-state index contributed by atoms with van der Waals surface area (Å²) in [5.41, 5.74) is 1.29. The summed E-state index contributed by atoms with van der Waals surface area (Å²) >= 11 is 7.25. The second-order valence-corrected chi connectivity index (χ2v) is 7.14. The maximum atomic E-state index is 3.68. The van der Waals surface area contributed by atoms with Gasteiger partial charge in [0, 0.05) is 34.1 Å². The molecule has 1 aromatic rings. The summed E-state index contributed by atoms with van der Waals surface area (Å²) in [5.74, 6) is 0.635. The third-order valence-corrected chi connectivity index (χ3v) is 4.70. The summed E-state index contributed by atoms with van der Waals surface area (Å²) in [6, 6.07) is 7.47. The molecule has 0 radical (unpaired) electrons. The van der Waals surface area contributed by atoms with Crippen LogP contribution in [0.1, 0.15) is 20.8 Å². The molecule has 18 heavy (non-hydrogen) atoms. The molecule has 0 aromatic heterocycles. The topological polar surface area (TPSA) is 15.3 Å². The number of nitrogens with one attached hydrogen (secondary N) is 1. The molecular formula is C14H20Br2N2. The fraction of sp³-hybridized carbons (Fsp3) is 0.571. The van der Waals surface area contributed by atoms with E-state index in [2.05, 4.69) is 81.0 Å². The fourth-order valence-electron chi connectivity index (χ4n) is 2.51. The third kappa shape index (κ3) is 3.09. The first-order valence-electron chi connectivity index (χ1n) is 6.44. The van der Waals surface area contributed by atoms with Crippen molar-refractivity contribution < 1.29 is 0 Å². The Morgan fingerprint density at radius 2 is 2.06 bits per heavy atom. The van der Waals surface area contributed by atoms with E-state index in [1.807, 2.05) is 0 Å². The number of benzene rings is 1. The molecule has 2 atom stereocenters. The van der Waals surface area contributed by atoms with Crippen LogP contribution in [-0.4, -0.2) is 25.2 Å². The van der Waals surface area contributed by atoms with E-state index < -0.39 is 0 Å². The van der Waals surface area contributed by atoms with Crippen molar-refractivity contribution in [2.24, 2.45) is 5.92 Å². The number of rotatable bonds is 2. The fourth-order valence-corrected chi connectivity index (χ4v) is 3.33. The molecule has 2 rings (SSSR count). The van der Waals surface area contributed by atoms with Gasteiger partial charge in [0.05, 0.1) is 5.69 Å². The highest BCUT2D eigenvalue weighted by Crippen LogP contribution is 2.33. The summed E-state index contributed by atoms with van der Waals surface area (Å²) in [6.45, 7) is 8.94. The lowest BCUT2D eigenvalue weighted by Crippen LogP contribution is -2.57. The molecule has 1 heterocycles. The first-order chi connectivity index (χ1) is 8.49. The van der Waals surface area contributed by atoms with Crippen LogP contribution in [0.5, 0.6) is 0 Å². The number of hydrogen-bond donors (Lipinski definition) is 1. The quantitative estimate of drug-likeness (QED) is 0.839. The van der Waals surface area contributed by atoms with Gasteiger partial charge in [0.15, 0.2) is 0 Å². The van der Waals surface area contributed by atoms with Gasteiger partial charge in [-0.25, -0.2) is 0 Å². The Morgan fingerprint density at radius 1 is 1.33 bits per heavy atom. The van der Waals surface area contributed by atoms with Crippen LogP contribution in [0.15, 0.2) is 27.1 Å². The number of halogens is 2. The van der Waals surface area contributed by atoms with Crippen molar-refractivity contribution in [3.63, 3.8) is 0 Å². The normalized spacial score (nSPS) is 24.7. The lowest BCUT2D eigenvalue weighted by molar-refractivity contribution is 0.349. The van der Waals surface area contributed by atoms with E-state index in [-0.39, 0.29) is 0 Å². The summed E-state index contributed by atoms with van der Waals surface area (Å²) < 4.78 is 2.31. The van der Waals surface area contributed by atoms with Crippen molar-refractivity contribution in [3.05, 3.63) is 27.1 Å². The van der Waals surface area contributed by atoms with Gasteiger partial charge in [-0.05, 0) is 47.0 Å². The van der Waals surface area contributed by atoms with Gasteiger partial charge in [0.1, 0.15) is 0 Å². The third-order valence-electron chi connectivity index (χ3n) is 3.53. The molecule has 0 spiro atoms. The summed E-state index contributed by atoms with van der Waals surface area (Å²) in [5, 5.41) is 3.58. The molecule has 1 aromatic carbocycles. The van der Waals surface area contributed by atoms with Crippen LogP contribution in [0.25, 0.3) is 0 Å². The molecular weight excluding hydrogens is 356 g/mol. The molecule has 0 aliphatic carbocycles. The molecule has 4 heteroatoms. The zero-order valence-electron chi connectivity index (χ0n) is 11.1. The van der Waals surface area contributed by atoms with E-state index in [9.17, 15) is 0 Å². The average Bonchev–Trinajstić information content (AvgIpc) is 2.31. The highest BCUT2D eigenvalue weighted by Gasteiger charge is 2.29. The monoisotopic (exact) mass is 374 g/mol. The van der Waals surface area contributed by atoms with E-state index in [1.54, 1.807) is 0 Å². The number of nitrogens with zero attached hydrogens (tertiary/aromatic N) is 1. The Hall–Kier alpha value is -0.0600. The van der Waals surface area contributed by atoms with Gasteiger partial charge < -0.3 is 10.2 Å². The van der Waals surface area contributed by atoms with Gasteiger partial charge in [0.25, 0.3) is 0 Å². The smallest absolute Gasteiger partial charge is 0.0525 e.